The van der Waals surface area contributed by atoms with E-state index >= 15 is 0 Å². The molecule has 0 aliphatic rings. The van der Waals surface area contributed by atoms with Crippen molar-refractivity contribution in [3.63, 3.8) is 0 Å². The Morgan fingerprint density at radius 1 is 1.00 bits per heavy atom. The maximum atomic E-state index is 12.9. The van der Waals surface area contributed by atoms with E-state index < -0.39 is 11.2 Å². The van der Waals surface area contributed by atoms with Gasteiger partial charge in [-0.1, -0.05) is 66.7 Å². The molecule has 3 aromatic carbocycles. The summed E-state index contributed by atoms with van der Waals surface area (Å²) < 4.78 is 1.30. The monoisotopic (exact) mass is 443 g/mol. The number of nitrogens with one attached hydrogen (secondary N) is 2. The number of nitrogen functional groups attached to an aromatic ring is 1. The fraction of sp³-hybridized carbons (Fsp3) is 0.160. The van der Waals surface area contributed by atoms with E-state index in [2.05, 4.69) is 10.3 Å². The highest BCUT2D eigenvalue weighted by Gasteiger charge is 2.20. The van der Waals surface area contributed by atoms with Gasteiger partial charge >= 0.3 is 5.69 Å². The third-order valence-electron chi connectivity index (χ3n) is 5.49. The maximum Gasteiger partial charge on any atom is 0.330 e. The second kappa shape index (κ2) is 9.44. The van der Waals surface area contributed by atoms with Crippen LogP contribution in [-0.4, -0.2) is 28.5 Å². The lowest BCUT2D eigenvalue weighted by atomic mass is 10.1. The first kappa shape index (κ1) is 21.9. The molecule has 0 bridgehead atoms. The molecule has 0 atom stereocenters. The van der Waals surface area contributed by atoms with Crippen LogP contribution in [0.2, 0.25) is 0 Å². The van der Waals surface area contributed by atoms with Crippen LogP contribution in [-0.2, 0) is 11.3 Å². The first-order valence-corrected chi connectivity index (χ1v) is 10.7. The lowest BCUT2D eigenvalue weighted by molar-refractivity contribution is -0.115. The predicted molar refractivity (Wildman–Crippen MR) is 132 cm³/mol. The molecule has 1 aromatic heterocycles. The third kappa shape index (κ3) is 4.64. The van der Waals surface area contributed by atoms with Gasteiger partial charge in [-0.25, -0.2) is 4.79 Å². The van der Waals surface area contributed by atoms with Crippen molar-refractivity contribution in [1.29, 1.82) is 0 Å². The first-order chi connectivity index (χ1) is 16.0. The molecule has 0 aliphatic heterocycles. The Labute approximate surface area is 190 Å². The molecular weight excluding hydrogens is 418 g/mol. The number of hydrogen-bond donors (Lipinski definition) is 3. The molecule has 0 unspecified atom stereocenters. The van der Waals surface area contributed by atoms with Crippen LogP contribution in [0, 0.1) is 0 Å². The summed E-state index contributed by atoms with van der Waals surface area (Å²) in [6, 6.07) is 22.8. The highest BCUT2D eigenvalue weighted by molar-refractivity contribution is 6.03. The minimum atomic E-state index is -0.623. The van der Waals surface area contributed by atoms with Crippen molar-refractivity contribution in [2.45, 2.75) is 13.5 Å². The number of aromatic nitrogens is 2. The molecule has 0 fully saturated rings. The number of nitrogens with two attached hydrogens (primary N) is 1. The number of carbonyl (C=O) groups excluding carboxylic acids is 1. The molecule has 1 amide bonds. The zero-order valence-corrected chi connectivity index (χ0v) is 18.2. The average molecular weight is 444 g/mol. The summed E-state index contributed by atoms with van der Waals surface area (Å²) in [5.41, 5.74) is 6.71. The van der Waals surface area contributed by atoms with Gasteiger partial charge in [0.1, 0.15) is 11.5 Å². The van der Waals surface area contributed by atoms with E-state index in [-0.39, 0.29) is 30.5 Å². The molecule has 0 saturated heterocycles. The smallest absolute Gasteiger partial charge is 0.330 e. The normalized spacial score (nSPS) is 10.8. The number of nitrogens with zero attached hydrogens (tertiary/aromatic N) is 2. The highest BCUT2D eigenvalue weighted by atomic mass is 16.2. The molecule has 33 heavy (non-hydrogen) atoms. The van der Waals surface area contributed by atoms with Crippen molar-refractivity contribution >= 4 is 33.9 Å². The quantitative estimate of drug-likeness (QED) is 0.407. The molecule has 0 radical (unpaired) electrons. The summed E-state index contributed by atoms with van der Waals surface area (Å²) in [6.07, 6.45) is 0. The minimum Gasteiger partial charge on any atom is -0.383 e. The predicted octanol–water partition coefficient (Wildman–Crippen LogP) is 2.79. The van der Waals surface area contributed by atoms with Crippen LogP contribution in [0.25, 0.3) is 10.8 Å². The second-order valence-corrected chi connectivity index (χ2v) is 7.65. The number of anilines is 3. The van der Waals surface area contributed by atoms with E-state index in [9.17, 15) is 14.4 Å². The number of likely N-dealkylation sites (N-methyl/N-ethyl adjacent to an activating group) is 1. The summed E-state index contributed by atoms with van der Waals surface area (Å²) in [5, 5.41) is 4.85. The van der Waals surface area contributed by atoms with Crippen molar-refractivity contribution < 1.29 is 4.79 Å². The van der Waals surface area contributed by atoms with E-state index in [0.29, 0.717) is 12.2 Å². The molecule has 0 spiro atoms. The first-order valence-electron chi connectivity index (χ1n) is 10.7. The Kier molecular flexibility index (Phi) is 6.26. The van der Waals surface area contributed by atoms with Gasteiger partial charge in [0.05, 0.1) is 13.1 Å². The van der Waals surface area contributed by atoms with Crippen LogP contribution in [0.1, 0.15) is 12.5 Å². The van der Waals surface area contributed by atoms with Crippen LogP contribution >= 0.6 is 0 Å². The minimum absolute atomic E-state index is 0.0208. The number of rotatable bonds is 7. The van der Waals surface area contributed by atoms with Crippen LogP contribution in [0.4, 0.5) is 17.2 Å². The molecule has 168 valence electrons. The highest BCUT2D eigenvalue weighted by Crippen LogP contribution is 2.23. The maximum absolute atomic E-state index is 12.9. The fourth-order valence-electron chi connectivity index (χ4n) is 3.85. The molecule has 0 saturated carbocycles. The third-order valence-corrected chi connectivity index (χ3v) is 5.49. The number of H-pyrrole nitrogens is 1. The van der Waals surface area contributed by atoms with Gasteiger partial charge in [-0.3, -0.25) is 19.1 Å². The summed E-state index contributed by atoms with van der Waals surface area (Å²) in [5.74, 6) is -0.278. The molecule has 1 heterocycles. The fourth-order valence-corrected chi connectivity index (χ4v) is 3.85. The van der Waals surface area contributed by atoms with Gasteiger partial charge in [0, 0.05) is 17.6 Å². The number of amides is 1. The number of aromatic amines is 1. The van der Waals surface area contributed by atoms with Gasteiger partial charge in [-0.2, -0.15) is 0 Å². The van der Waals surface area contributed by atoms with Crippen molar-refractivity contribution in [2.75, 3.05) is 29.0 Å². The number of benzene rings is 3. The van der Waals surface area contributed by atoms with E-state index in [0.717, 1.165) is 16.3 Å². The SMILES string of the molecule is CCN(CC(=O)Nc1cccc2ccccc12)c1c(N)n(Cc2ccccc2)c(=O)[nH]c1=O. The summed E-state index contributed by atoms with van der Waals surface area (Å²) >= 11 is 0. The van der Waals surface area contributed by atoms with Crippen LogP contribution in [0.15, 0.2) is 82.4 Å². The lowest BCUT2D eigenvalue weighted by Gasteiger charge is -2.24. The second-order valence-electron chi connectivity index (χ2n) is 7.65. The van der Waals surface area contributed by atoms with Crippen LogP contribution < -0.4 is 27.2 Å². The van der Waals surface area contributed by atoms with Gasteiger partial charge < -0.3 is 16.0 Å². The van der Waals surface area contributed by atoms with Crippen molar-refractivity contribution in [2.24, 2.45) is 0 Å². The number of fused-ring (bicyclic) bond motifs is 1. The van der Waals surface area contributed by atoms with Gasteiger partial charge in [-0.05, 0) is 23.9 Å². The molecule has 4 N–H and O–H groups in total. The van der Waals surface area contributed by atoms with E-state index in [1.807, 2.05) is 79.7 Å². The molecule has 8 nitrogen and oxygen atoms in total. The standard InChI is InChI=1S/C25H25N5O3/c1-2-29(16-21(31)27-20-14-8-12-18-11-6-7-13-19(18)20)22-23(26)30(25(33)28-24(22)32)15-17-9-4-3-5-10-17/h3-14H,2,15-16,26H2,1H3,(H,27,31)(H,28,32,33). The van der Waals surface area contributed by atoms with Crippen LogP contribution in [0.3, 0.4) is 0 Å². The van der Waals surface area contributed by atoms with Crippen molar-refractivity contribution in [3.8, 4) is 0 Å². The summed E-state index contributed by atoms with van der Waals surface area (Å²) in [6.45, 7) is 2.27. The van der Waals surface area contributed by atoms with Crippen molar-refractivity contribution in [1.82, 2.24) is 9.55 Å². The molecule has 8 heteroatoms. The molecule has 4 aromatic rings. The number of hydrogen-bond acceptors (Lipinski definition) is 5. The lowest BCUT2D eigenvalue weighted by Crippen LogP contribution is -2.41. The van der Waals surface area contributed by atoms with Gasteiger partial charge in [0.15, 0.2) is 0 Å². The topological polar surface area (TPSA) is 113 Å². The Morgan fingerprint density at radius 3 is 2.45 bits per heavy atom. The zero-order chi connectivity index (χ0) is 23.4. The average Bonchev–Trinajstić information content (AvgIpc) is 2.82. The van der Waals surface area contributed by atoms with Gasteiger partial charge in [0.25, 0.3) is 5.56 Å². The van der Waals surface area contributed by atoms with Crippen molar-refractivity contribution in [3.05, 3.63) is 99.2 Å². The van der Waals surface area contributed by atoms with E-state index in [4.69, 9.17) is 5.73 Å². The number of carbonyl (C=O) groups is 1. The van der Waals surface area contributed by atoms with Gasteiger partial charge in [0.2, 0.25) is 5.91 Å². The molecular formula is C25H25N5O3. The van der Waals surface area contributed by atoms with E-state index in [1.54, 1.807) is 4.90 Å². The summed E-state index contributed by atoms with van der Waals surface area (Å²) in [4.78, 5) is 41.9. The zero-order valence-electron chi connectivity index (χ0n) is 18.2. The summed E-state index contributed by atoms with van der Waals surface area (Å²) in [7, 11) is 0. The Morgan fingerprint density at radius 2 is 1.70 bits per heavy atom. The van der Waals surface area contributed by atoms with Gasteiger partial charge in [-0.15, -0.1) is 0 Å². The Bertz CT molecular complexity index is 1400. The molecule has 0 aliphatic carbocycles. The van der Waals surface area contributed by atoms with Crippen LogP contribution in [0.5, 0.6) is 0 Å². The Balaban J connectivity index is 1.62. The largest absolute Gasteiger partial charge is 0.383 e. The Hall–Kier alpha value is -4.33. The molecule has 4 rings (SSSR count). The van der Waals surface area contributed by atoms with E-state index in [1.165, 1.54) is 4.57 Å².